The third kappa shape index (κ3) is 7.52. The average Bonchev–Trinajstić information content (AvgIpc) is 2.80. The molecule has 0 spiro atoms. The fourth-order valence-corrected chi connectivity index (χ4v) is 5.10. The molecule has 0 saturated heterocycles. The van der Waals surface area contributed by atoms with Crippen molar-refractivity contribution in [1.82, 2.24) is 10.0 Å². The van der Waals surface area contributed by atoms with Crippen molar-refractivity contribution in [1.29, 1.82) is 0 Å². The van der Waals surface area contributed by atoms with Gasteiger partial charge in [0.25, 0.3) is 5.91 Å². The molecule has 0 radical (unpaired) electrons. The highest BCUT2D eigenvalue weighted by molar-refractivity contribution is 7.89. The molecule has 178 valence electrons. The number of rotatable bonds is 8. The summed E-state index contributed by atoms with van der Waals surface area (Å²) >= 11 is 5.24. The first kappa shape index (κ1) is 25.1. The number of ether oxygens (including phenoxy) is 1. The molecule has 3 rings (SSSR count). The van der Waals surface area contributed by atoms with Crippen molar-refractivity contribution in [2.24, 2.45) is 0 Å². The van der Waals surface area contributed by atoms with Crippen LogP contribution in [0.2, 0.25) is 0 Å². The van der Waals surface area contributed by atoms with Gasteiger partial charge in [0, 0.05) is 17.3 Å². The van der Waals surface area contributed by atoms with Crippen LogP contribution in [0.5, 0.6) is 5.75 Å². The van der Waals surface area contributed by atoms with Crippen molar-refractivity contribution in [2.45, 2.75) is 69.4 Å². The zero-order chi connectivity index (χ0) is 23.8. The molecular weight excluding hydrogens is 458 g/mol. The molecule has 0 aromatic heterocycles. The normalized spacial score (nSPS) is 15.5. The van der Waals surface area contributed by atoms with Gasteiger partial charge < -0.3 is 10.1 Å². The van der Waals surface area contributed by atoms with Crippen LogP contribution in [0.1, 0.15) is 62.7 Å². The van der Waals surface area contributed by atoms with Crippen molar-refractivity contribution < 1.29 is 17.9 Å². The molecule has 33 heavy (non-hydrogen) atoms. The topological polar surface area (TPSA) is 96.5 Å². The molecule has 9 heteroatoms. The smallest absolute Gasteiger partial charge is 0.257 e. The maximum atomic E-state index is 12.6. The molecule has 1 unspecified atom stereocenters. The summed E-state index contributed by atoms with van der Waals surface area (Å²) in [6.07, 6.45) is 5.92. The van der Waals surface area contributed by atoms with Crippen molar-refractivity contribution in [3.05, 3.63) is 54.1 Å². The maximum absolute atomic E-state index is 12.6. The lowest BCUT2D eigenvalue weighted by Crippen LogP contribution is -2.36. The Labute approximate surface area is 201 Å². The van der Waals surface area contributed by atoms with E-state index in [1.165, 1.54) is 12.1 Å². The fourth-order valence-electron chi connectivity index (χ4n) is 3.59. The summed E-state index contributed by atoms with van der Waals surface area (Å²) in [6, 6.07) is 13.2. The minimum atomic E-state index is -3.57. The number of nitrogens with one attached hydrogen (secondary N) is 3. The molecule has 1 atom stereocenters. The Bertz CT molecular complexity index is 1070. The van der Waals surface area contributed by atoms with Crippen molar-refractivity contribution in [3.8, 4) is 5.75 Å². The summed E-state index contributed by atoms with van der Waals surface area (Å²) in [5.41, 5.74) is 1.00. The molecule has 1 aliphatic rings. The Morgan fingerprint density at radius 1 is 1.12 bits per heavy atom. The number of carbonyl (C=O) groups is 1. The van der Waals surface area contributed by atoms with Gasteiger partial charge in [0.15, 0.2) is 5.11 Å². The van der Waals surface area contributed by atoms with Crippen LogP contribution in [0.3, 0.4) is 0 Å². The molecule has 3 N–H and O–H groups in total. The van der Waals surface area contributed by atoms with Gasteiger partial charge in [-0.3, -0.25) is 10.1 Å². The molecular formula is C24H31N3O4S2. The molecule has 0 bridgehead atoms. The quantitative estimate of drug-likeness (QED) is 0.469. The predicted molar refractivity (Wildman–Crippen MR) is 134 cm³/mol. The van der Waals surface area contributed by atoms with E-state index in [1.54, 1.807) is 36.4 Å². The van der Waals surface area contributed by atoms with E-state index in [0.717, 1.165) is 38.5 Å². The van der Waals surface area contributed by atoms with Gasteiger partial charge >= 0.3 is 0 Å². The zero-order valence-corrected chi connectivity index (χ0v) is 20.6. The highest BCUT2D eigenvalue weighted by atomic mass is 32.2. The number of amides is 1. The van der Waals surface area contributed by atoms with Crippen molar-refractivity contribution >= 4 is 38.9 Å². The van der Waals surface area contributed by atoms with E-state index in [0.29, 0.717) is 17.0 Å². The van der Waals surface area contributed by atoms with E-state index in [9.17, 15) is 13.2 Å². The van der Waals surface area contributed by atoms with E-state index in [-0.39, 0.29) is 28.1 Å². The lowest BCUT2D eigenvalue weighted by atomic mass is 9.96. The van der Waals surface area contributed by atoms with Gasteiger partial charge in [-0.25, -0.2) is 13.1 Å². The highest BCUT2D eigenvalue weighted by Gasteiger charge is 2.21. The second kappa shape index (κ2) is 11.6. The van der Waals surface area contributed by atoms with Gasteiger partial charge in [-0.05, 0) is 80.9 Å². The third-order valence-electron chi connectivity index (χ3n) is 5.58. The molecule has 1 amide bonds. The number of benzene rings is 2. The Morgan fingerprint density at radius 2 is 1.82 bits per heavy atom. The van der Waals surface area contributed by atoms with Gasteiger partial charge in [-0.1, -0.05) is 32.3 Å². The minimum absolute atomic E-state index is 0.00146. The van der Waals surface area contributed by atoms with Crippen LogP contribution in [0.4, 0.5) is 5.69 Å². The minimum Gasteiger partial charge on any atom is -0.491 e. The largest absolute Gasteiger partial charge is 0.491 e. The first-order chi connectivity index (χ1) is 15.8. The van der Waals surface area contributed by atoms with Gasteiger partial charge in [-0.2, -0.15) is 0 Å². The van der Waals surface area contributed by atoms with E-state index < -0.39 is 10.0 Å². The lowest BCUT2D eigenvalue weighted by Gasteiger charge is -2.22. The van der Waals surface area contributed by atoms with E-state index >= 15 is 0 Å². The van der Waals surface area contributed by atoms with Crippen LogP contribution < -0.4 is 20.1 Å². The molecule has 0 heterocycles. The summed E-state index contributed by atoms with van der Waals surface area (Å²) < 4.78 is 33.8. The molecule has 2 aromatic carbocycles. The number of thiocarbonyl (C=S) groups is 1. The number of sulfonamides is 1. The van der Waals surface area contributed by atoms with Crippen LogP contribution in [0.15, 0.2) is 53.4 Å². The van der Waals surface area contributed by atoms with E-state index in [4.69, 9.17) is 17.0 Å². The standard InChI is InChI=1S/C24H31N3O4S2/c1-3-17(2)31-21-11-7-8-18(16-21)23(28)26-24(32)25-19-12-14-22(15-13-19)33(29,30)27-20-9-5-4-6-10-20/h7-8,11-17,20,27H,3-6,9-10H2,1-2H3,(H2,25,26,28,32). The number of anilines is 1. The van der Waals surface area contributed by atoms with Gasteiger partial charge in [0.1, 0.15) is 5.75 Å². The van der Waals surface area contributed by atoms with Crippen LogP contribution in [-0.2, 0) is 10.0 Å². The molecule has 1 fully saturated rings. The first-order valence-corrected chi connectivity index (χ1v) is 13.2. The fraction of sp³-hybridized carbons (Fsp3) is 0.417. The van der Waals surface area contributed by atoms with E-state index in [1.807, 2.05) is 13.8 Å². The number of hydrogen-bond donors (Lipinski definition) is 3. The predicted octanol–water partition coefficient (Wildman–Crippen LogP) is 4.60. The summed E-state index contributed by atoms with van der Waals surface area (Å²) in [5, 5.41) is 5.66. The zero-order valence-electron chi connectivity index (χ0n) is 19.0. The Kier molecular flexibility index (Phi) is 8.82. The first-order valence-electron chi connectivity index (χ1n) is 11.3. The molecule has 0 aliphatic heterocycles. The van der Waals surface area contributed by atoms with Crippen molar-refractivity contribution in [3.63, 3.8) is 0 Å². The molecule has 2 aromatic rings. The number of hydrogen-bond acceptors (Lipinski definition) is 5. The Hall–Kier alpha value is -2.49. The Balaban J connectivity index is 1.56. The Morgan fingerprint density at radius 3 is 2.48 bits per heavy atom. The lowest BCUT2D eigenvalue weighted by molar-refractivity contribution is 0.0977. The SMILES string of the molecule is CCC(C)Oc1cccc(C(=O)NC(=S)Nc2ccc(S(=O)(=O)NC3CCCCC3)cc2)c1. The third-order valence-corrected chi connectivity index (χ3v) is 7.33. The van der Waals surface area contributed by atoms with Gasteiger partial charge in [0.05, 0.1) is 11.0 Å². The van der Waals surface area contributed by atoms with E-state index in [2.05, 4.69) is 15.4 Å². The maximum Gasteiger partial charge on any atom is 0.257 e. The summed E-state index contributed by atoms with van der Waals surface area (Å²) in [6.45, 7) is 3.99. The van der Waals surface area contributed by atoms with Crippen LogP contribution in [0, 0.1) is 0 Å². The van der Waals surface area contributed by atoms with Crippen molar-refractivity contribution in [2.75, 3.05) is 5.32 Å². The summed E-state index contributed by atoms with van der Waals surface area (Å²) in [7, 11) is -3.57. The monoisotopic (exact) mass is 489 g/mol. The number of carbonyl (C=O) groups excluding carboxylic acids is 1. The molecule has 7 nitrogen and oxygen atoms in total. The van der Waals surface area contributed by atoms with Gasteiger partial charge in [0.2, 0.25) is 10.0 Å². The molecule has 1 aliphatic carbocycles. The van der Waals surface area contributed by atoms with Crippen LogP contribution in [-0.4, -0.2) is 31.6 Å². The summed E-state index contributed by atoms with van der Waals surface area (Å²) in [5.74, 6) is 0.257. The second-order valence-corrected chi connectivity index (χ2v) is 10.4. The second-order valence-electron chi connectivity index (χ2n) is 8.25. The van der Waals surface area contributed by atoms with Crippen LogP contribution >= 0.6 is 12.2 Å². The average molecular weight is 490 g/mol. The molecule has 1 saturated carbocycles. The summed E-state index contributed by atoms with van der Waals surface area (Å²) in [4.78, 5) is 12.7. The highest BCUT2D eigenvalue weighted by Crippen LogP contribution is 2.21. The van der Waals surface area contributed by atoms with Crippen LogP contribution in [0.25, 0.3) is 0 Å². The van der Waals surface area contributed by atoms with Gasteiger partial charge in [-0.15, -0.1) is 0 Å².